The molecule has 1 amide bonds. The highest BCUT2D eigenvalue weighted by Gasteiger charge is 2.23. The van der Waals surface area contributed by atoms with E-state index in [0.29, 0.717) is 17.4 Å². The fourth-order valence-corrected chi connectivity index (χ4v) is 11.3. The molecule has 0 bridgehead atoms. The average molecular weight is 1110 g/mol. The third kappa shape index (κ3) is 62.4. The molecule has 0 aliphatic rings. The van der Waals surface area contributed by atoms with Crippen LogP contribution in [0.5, 0.6) is 0 Å². The molecule has 0 aliphatic heterocycles. The number of hydrogen-bond donors (Lipinski definition) is 2. The highest BCUT2D eigenvalue weighted by atomic mass is 31.2. The van der Waals surface area contributed by atoms with Crippen molar-refractivity contribution in [1.82, 2.24) is 5.32 Å². The molecule has 0 aromatic carbocycles. The molecule has 2 N–H and O–H groups in total. The second kappa shape index (κ2) is 59.6. The van der Waals surface area contributed by atoms with Gasteiger partial charge in [0.15, 0.2) is 0 Å². The predicted octanol–water partition coefficient (Wildman–Crippen LogP) is 20.9. The van der Waals surface area contributed by atoms with E-state index in [1.54, 1.807) is 6.08 Å². The molecule has 9 heteroatoms. The summed E-state index contributed by atoms with van der Waals surface area (Å²) in [6.07, 6.45) is 77.6. The summed E-state index contributed by atoms with van der Waals surface area (Å²) in [5.41, 5.74) is 0. The number of carbonyl (C=O) groups excluding carboxylic acids is 1. The van der Waals surface area contributed by atoms with Crippen LogP contribution in [0.2, 0.25) is 0 Å². The van der Waals surface area contributed by atoms with Crippen LogP contribution in [0.25, 0.3) is 0 Å². The zero-order chi connectivity index (χ0) is 56.3. The third-order valence-electron chi connectivity index (χ3n) is 15.9. The molecule has 0 radical (unpaired) electrons. The molecule has 3 atom stereocenters. The van der Waals surface area contributed by atoms with E-state index >= 15 is 0 Å². The van der Waals surface area contributed by atoms with Crippen molar-refractivity contribution in [2.45, 2.75) is 366 Å². The van der Waals surface area contributed by atoms with E-state index in [4.69, 9.17) is 9.05 Å². The van der Waals surface area contributed by atoms with Gasteiger partial charge in [-0.1, -0.05) is 340 Å². The van der Waals surface area contributed by atoms with E-state index in [1.807, 2.05) is 27.2 Å². The Morgan fingerprint density at radius 1 is 0.442 bits per heavy atom. The summed E-state index contributed by atoms with van der Waals surface area (Å²) < 4.78 is 23.4. The summed E-state index contributed by atoms with van der Waals surface area (Å²) in [4.78, 5) is 25.5. The molecule has 0 saturated heterocycles. The Morgan fingerprint density at radius 3 is 1.05 bits per heavy atom. The van der Waals surface area contributed by atoms with Crippen LogP contribution in [0.15, 0.2) is 24.3 Å². The maximum absolute atomic E-state index is 13.0. The summed E-state index contributed by atoms with van der Waals surface area (Å²) in [7, 11) is 1.26. The molecule has 3 unspecified atom stereocenters. The summed E-state index contributed by atoms with van der Waals surface area (Å²) in [6, 6.07) is -0.900. The van der Waals surface area contributed by atoms with Crippen LogP contribution in [0, 0.1) is 0 Å². The number of carbonyl (C=O) groups is 1. The van der Waals surface area contributed by atoms with Crippen LogP contribution in [0.3, 0.4) is 0 Å². The number of nitrogens with one attached hydrogen (secondary N) is 1. The first kappa shape index (κ1) is 76.0. The van der Waals surface area contributed by atoms with Gasteiger partial charge >= 0.3 is 0 Å². The number of allylic oxidation sites excluding steroid dienone is 3. The zero-order valence-corrected chi connectivity index (χ0v) is 53.3. The number of phosphoric acid groups is 1. The molecular formula is C68H135N2O6P. The molecule has 0 spiro atoms. The summed E-state index contributed by atoms with van der Waals surface area (Å²) in [5.74, 6) is -0.200. The van der Waals surface area contributed by atoms with Crippen molar-refractivity contribution in [3.8, 4) is 0 Å². The van der Waals surface area contributed by atoms with Gasteiger partial charge in [0.2, 0.25) is 5.91 Å². The van der Waals surface area contributed by atoms with Crippen molar-refractivity contribution in [2.75, 3.05) is 40.9 Å². The number of unbranched alkanes of at least 4 members (excludes halogenated alkanes) is 49. The Labute approximate surface area is 481 Å². The SMILES string of the molecule is CCCCCCCCCCC/C=C/CC/C=C/C(O)C(COP(=O)([O-])OCC[N+](C)(C)C)NC(=O)CCCCCCCCCCCCCCCCCCCCCCCCCCCCCCCCCCCCCCCCCC. The normalized spacial score (nSPS) is 13.8. The molecule has 0 heterocycles. The highest BCUT2D eigenvalue weighted by molar-refractivity contribution is 7.45. The molecule has 0 saturated carbocycles. The Hall–Kier alpha value is -1.02. The largest absolute Gasteiger partial charge is 0.756 e. The minimum atomic E-state index is -4.60. The topological polar surface area (TPSA) is 108 Å². The Balaban J connectivity index is 3.85. The van der Waals surface area contributed by atoms with E-state index in [9.17, 15) is 19.4 Å². The molecule has 0 rings (SSSR count). The number of likely N-dealkylation sites (N-methyl/N-ethyl adjacent to an activating group) is 1. The smallest absolute Gasteiger partial charge is 0.268 e. The van der Waals surface area contributed by atoms with Gasteiger partial charge in [-0.2, -0.15) is 0 Å². The van der Waals surface area contributed by atoms with Crippen molar-refractivity contribution in [3.63, 3.8) is 0 Å². The molecule has 0 aromatic heterocycles. The van der Waals surface area contributed by atoms with Gasteiger partial charge in [0.05, 0.1) is 39.9 Å². The molecular weight excluding hydrogens is 972 g/mol. The Morgan fingerprint density at radius 2 is 0.727 bits per heavy atom. The summed E-state index contributed by atoms with van der Waals surface area (Å²) in [6.45, 7) is 4.67. The number of quaternary nitrogens is 1. The van der Waals surface area contributed by atoms with Gasteiger partial charge in [0.25, 0.3) is 7.82 Å². The monoisotopic (exact) mass is 1110 g/mol. The van der Waals surface area contributed by atoms with Gasteiger partial charge in [0.1, 0.15) is 13.2 Å². The molecule has 0 aliphatic carbocycles. The van der Waals surface area contributed by atoms with Crippen molar-refractivity contribution in [2.24, 2.45) is 0 Å². The van der Waals surface area contributed by atoms with E-state index in [-0.39, 0.29) is 19.1 Å². The van der Waals surface area contributed by atoms with Crippen molar-refractivity contribution >= 4 is 13.7 Å². The van der Waals surface area contributed by atoms with Crippen LogP contribution in [0.4, 0.5) is 0 Å². The fraction of sp³-hybridized carbons (Fsp3) is 0.926. The van der Waals surface area contributed by atoms with Gasteiger partial charge in [-0.15, -0.1) is 0 Å². The lowest BCUT2D eigenvalue weighted by Gasteiger charge is -2.29. The van der Waals surface area contributed by atoms with Crippen LogP contribution in [-0.2, 0) is 18.4 Å². The standard InChI is InChI=1S/C68H135N2O6P/c1-6-8-10-12-14-16-18-20-22-23-24-25-26-27-28-29-30-31-32-33-34-35-36-37-38-39-40-41-42-43-44-45-46-48-50-52-54-56-58-60-62-68(72)69-66(65-76-77(73,74)75-64-63-70(3,4)5)67(71)61-59-57-55-53-51-49-47-21-19-17-15-13-11-9-7-2/h51,53,59,61,66-67,71H,6-50,52,54-58,60,62-65H2,1-5H3,(H-,69,72,73,74)/b53-51+,61-59+. The lowest BCUT2D eigenvalue weighted by Crippen LogP contribution is -2.45. The number of rotatable bonds is 64. The first-order valence-corrected chi connectivity index (χ1v) is 35.7. The second-order valence-corrected chi connectivity index (χ2v) is 26.3. The van der Waals surface area contributed by atoms with E-state index < -0.39 is 20.0 Å². The zero-order valence-electron chi connectivity index (χ0n) is 52.4. The quantitative estimate of drug-likeness (QED) is 0.0272. The van der Waals surface area contributed by atoms with E-state index in [2.05, 4.69) is 31.3 Å². The average Bonchev–Trinajstić information content (AvgIpc) is 3.39. The number of nitrogens with zero attached hydrogens (tertiary/aromatic N) is 1. The molecule has 458 valence electrons. The van der Waals surface area contributed by atoms with E-state index in [0.717, 1.165) is 38.5 Å². The second-order valence-electron chi connectivity index (χ2n) is 24.9. The first-order chi connectivity index (χ1) is 37.5. The molecule has 0 aromatic rings. The van der Waals surface area contributed by atoms with Gasteiger partial charge in [-0.05, 0) is 32.1 Å². The Bertz CT molecular complexity index is 1300. The predicted molar refractivity (Wildman–Crippen MR) is 335 cm³/mol. The molecule has 0 fully saturated rings. The lowest BCUT2D eigenvalue weighted by molar-refractivity contribution is -0.870. The number of hydrogen-bond acceptors (Lipinski definition) is 6. The highest BCUT2D eigenvalue weighted by Crippen LogP contribution is 2.38. The van der Waals surface area contributed by atoms with E-state index in [1.165, 1.54) is 295 Å². The minimum absolute atomic E-state index is 0.00377. The first-order valence-electron chi connectivity index (χ1n) is 34.2. The maximum Gasteiger partial charge on any atom is 0.268 e. The third-order valence-corrected chi connectivity index (χ3v) is 16.9. The van der Waals surface area contributed by atoms with Crippen LogP contribution >= 0.6 is 7.82 Å². The van der Waals surface area contributed by atoms with Gasteiger partial charge in [0, 0.05) is 6.42 Å². The summed E-state index contributed by atoms with van der Waals surface area (Å²) in [5, 5.41) is 13.9. The van der Waals surface area contributed by atoms with Crippen LogP contribution < -0.4 is 10.2 Å². The van der Waals surface area contributed by atoms with Crippen molar-refractivity contribution in [1.29, 1.82) is 0 Å². The number of amides is 1. The Kier molecular flexibility index (Phi) is 58.8. The number of aliphatic hydroxyl groups is 1. The van der Waals surface area contributed by atoms with Crippen molar-refractivity contribution < 1.29 is 32.9 Å². The molecule has 77 heavy (non-hydrogen) atoms. The van der Waals surface area contributed by atoms with Crippen LogP contribution in [0.1, 0.15) is 354 Å². The van der Waals surface area contributed by atoms with Gasteiger partial charge in [-0.3, -0.25) is 9.36 Å². The lowest BCUT2D eigenvalue weighted by atomic mass is 10.0. The van der Waals surface area contributed by atoms with Crippen LogP contribution in [-0.4, -0.2) is 68.5 Å². The van der Waals surface area contributed by atoms with Gasteiger partial charge < -0.3 is 28.8 Å². The maximum atomic E-state index is 13.0. The summed E-state index contributed by atoms with van der Waals surface area (Å²) >= 11 is 0. The minimum Gasteiger partial charge on any atom is -0.756 e. The van der Waals surface area contributed by atoms with Crippen molar-refractivity contribution in [3.05, 3.63) is 24.3 Å². The van der Waals surface area contributed by atoms with Gasteiger partial charge in [-0.25, -0.2) is 0 Å². The molecule has 8 nitrogen and oxygen atoms in total. The number of phosphoric ester groups is 1. The fourth-order valence-electron chi connectivity index (χ4n) is 10.6. The number of aliphatic hydroxyl groups excluding tert-OH is 1.